The molecule has 0 bridgehead atoms. The Morgan fingerprint density at radius 3 is 2.77 bits per heavy atom. The van der Waals surface area contributed by atoms with E-state index in [4.69, 9.17) is 5.11 Å². The minimum absolute atomic E-state index is 0.101. The molecule has 7 heteroatoms. The Balaban J connectivity index is 1.45. The first-order chi connectivity index (χ1) is 14.3. The van der Waals surface area contributed by atoms with Gasteiger partial charge >= 0.3 is 5.97 Å². The maximum atomic E-state index is 10.9. The highest BCUT2D eigenvalue weighted by atomic mass is 32.2. The summed E-state index contributed by atoms with van der Waals surface area (Å²) in [5.74, 6) is 1.05. The summed E-state index contributed by atoms with van der Waals surface area (Å²) in [7, 11) is 0. The van der Waals surface area contributed by atoms with E-state index < -0.39 is 11.6 Å². The highest BCUT2D eigenvalue weighted by molar-refractivity contribution is 8.01. The number of thioether (sulfide) groups is 1. The highest BCUT2D eigenvalue weighted by Gasteiger charge is 2.33. The van der Waals surface area contributed by atoms with Crippen LogP contribution < -0.4 is 0 Å². The topological polar surface area (TPSA) is 90.7 Å². The first kappa shape index (κ1) is 23.8. The standard InChI is InChI=1S/C23H35NO4S2/c1-23(28,14-16-6-3-2-4-7-16)12-5-8-17-9-10-20(25)18(17)11-13-29-22-24-19(15-30-22)21(26)27/h5,8,15-18,20,25,28H,2-4,6-7,9-14H2,1H3,(H,26,27)/b8-5+/t17-,18+,20-,23?/m0/s1. The van der Waals surface area contributed by atoms with Gasteiger partial charge in [-0.1, -0.05) is 56.0 Å². The van der Waals surface area contributed by atoms with Gasteiger partial charge in [0.25, 0.3) is 0 Å². The Morgan fingerprint density at radius 1 is 1.30 bits per heavy atom. The van der Waals surface area contributed by atoms with E-state index in [0.717, 1.165) is 35.8 Å². The van der Waals surface area contributed by atoms with Crippen molar-refractivity contribution in [1.82, 2.24) is 4.98 Å². The van der Waals surface area contributed by atoms with E-state index in [1.54, 1.807) is 17.1 Å². The zero-order valence-corrected chi connectivity index (χ0v) is 19.5. The second-order valence-corrected chi connectivity index (χ2v) is 11.5. The lowest BCUT2D eigenvalue weighted by Gasteiger charge is -2.30. The van der Waals surface area contributed by atoms with Crippen LogP contribution in [0.4, 0.5) is 0 Å². The van der Waals surface area contributed by atoms with E-state index in [-0.39, 0.29) is 17.7 Å². The van der Waals surface area contributed by atoms with Crippen LogP contribution in [-0.2, 0) is 0 Å². The zero-order valence-electron chi connectivity index (χ0n) is 17.8. The van der Waals surface area contributed by atoms with Crippen molar-refractivity contribution in [3.05, 3.63) is 23.2 Å². The number of allylic oxidation sites excluding steroid dienone is 1. The van der Waals surface area contributed by atoms with E-state index in [1.165, 1.54) is 43.4 Å². The maximum Gasteiger partial charge on any atom is 0.355 e. The minimum Gasteiger partial charge on any atom is -0.476 e. The molecule has 0 aliphatic heterocycles. The van der Waals surface area contributed by atoms with Crippen LogP contribution in [0.3, 0.4) is 0 Å². The molecule has 168 valence electrons. The first-order valence-electron chi connectivity index (χ1n) is 11.2. The number of aliphatic hydroxyl groups excluding tert-OH is 1. The second kappa shape index (κ2) is 11.1. The van der Waals surface area contributed by atoms with Crippen molar-refractivity contribution in [2.24, 2.45) is 17.8 Å². The number of aliphatic hydroxyl groups is 2. The molecule has 2 fully saturated rings. The number of hydrogen-bond acceptors (Lipinski definition) is 6. The molecule has 1 aromatic rings. The number of aromatic carboxylic acids is 1. The fourth-order valence-electron chi connectivity index (χ4n) is 5.02. The molecular weight excluding hydrogens is 418 g/mol. The quantitative estimate of drug-likeness (QED) is 0.325. The van der Waals surface area contributed by atoms with Gasteiger partial charge < -0.3 is 15.3 Å². The number of carboxylic acids is 1. The number of carboxylic acid groups (broad SMARTS) is 1. The van der Waals surface area contributed by atoms with Gasteiger partial charge in [0.05, 0.1) is 11.7 Å². The van der Waals surface area contributed by atoms with Crippen LogP contribution in [0.2, 0.25) is 0 Å². The monoisotopic (exact) mass is 453 g/mol. The van der Waals surface area contributed by atoms with Gasteiger partial charge in [-0.3, -0.25) is 0 Å². The predicted octanol–water partition coefficient (Wildman–Crippen LogP) is 5.38. The molecule has 0 aromatic carbocycles. The fourth-order valence-corrected chi connectivity index (χ4v) is 6.93. The third-order valence-electron chi connectivity index (χ3n) is 6.61. The zero-order chi connectivity index (χ0) is 21.6. The van der Waals surface area contributed by atoms with E-state index >= 15 is 0 Å². The summed E-state index contributed by atoms with van der Waals surface area (Å²) in [6.07, 6.45) is 14.7. The third kappa shape index (κ3) is 7.08. The number of hydrogen-bond donors (Lipinski definition) is 3. The molecule has 0 saturated heterocycles. The van der Waals surface area contributed by atoms with E-state index in [0.29, 0.717) is 18.3 Å². The van der Waals surface area contributed by atoms with Crippen LogP contribution in [0.25, 0.3) is 0 Å². The maximum absolute atomic E-state index is 10.9. The Hall–Kier alpha value is -0.890. The Bertz CT molecular complexity index is 712. The molecule has 5 nitrogen and oxygen atoms in total. The molecule has 4 atom stereocenters. The molecule has 2 saturated carbocycles. The van der Waals surface area contributed by atoms with Crippen LogP contribution in [0.1, 0.15) is 81.6 Å². The van der Waals surface area contributed by atoms with Crippen LogP contribution in [0.15, 0.2) is 21.9 Å². The highest BCUT2D eigenvalue weighted by Crippen LogP contribution is 2.38. The number of aromatic nitrogens is 1. The lowest BCUT2D eigenvalue weighted by molar-refractivity contribution is 0.0302. The van der Waals surface area contributed by atoms with E-state index in [1.807, 2.05) is 6.92 Å². The largest absolute Gasteiger partial charge is 0.476 e. The van der Waals surface area contributed by atoms with Gasteiger partial charge in [-0.15, -0.1) is 11.3 Å². The van der Waals surface area contributed by atoms with Crippen molar-refractivity contribution < 1.29 is 20.1 Å². The molecule has 2 aliphatic rings. The molecule has 3 rings (SSSR count). The van der Waals surface area contributed by atoms with Crippen molar-refractivity contribution in [3.8, 4) is 0 Å². The number of thiazole rings is 1. The third-order valence-corrected chi connectivity index (χ3v) is 8.67. The number of rotatable bonds is 10. The molecule has 2 aliphatic carbocycles. The van der Waals surface area contributed by atoms with Gasteiger partial charge in [0.2, 0.25) is 0 Å². The van der Waals surface area contributed by atoms with Gasteiger partial charge in [0, 0.05) is 11.1 Å². The van der Waals surface area contributed by atoms with Crippen LogP contribution in [0.5, 0.6) is 0 Å². The normalized spacial score (nSPS) is 27.5. The van der Waals surface area contributed by atoms with Gasteiger partial charge in [-0.2, -0.15) is 0 Å². The Labute approximate surface area is 188 Å². The number of nitrogens with zero attached hydrogens (tertiary/aromatic N) is 1. The average molecular weight is 454 g/mol. The lowest BCUT2D eigenvalue weighted by Crippen LogP contribution is -2.28. The SMILES string of the molecule is CC(O)(C/C=C/[C@H]1CC[C@H](O)[C@@H]1CCSc1nc(C(=O)O)cs1)CC1CCCCC1. The Kier molecular flexibility index (Phi) is 8.81. The summed E-state index contributed by atoms with van der Waals surface area (Å²) in [4.78, 5) is 15.1. The van der Waals surface area contributed by atoms with Gasteiger partial charge in [0.15, 0.2) is 10.0 Å². The summed E-state index contributed by atoms with van der Waals surface area (Å²) in [5, 5.41) is 31.8. The summed E-state index contributed by atoms with van der Waals surface area (Å²) in [6, 6.07) is 0. The van der Waals surface area contributed by atoms with Gasteiger partial charge in [0.1, 0.15) is 0 Å². The summed E-state index contributed by atoms with van der Waals surface area (Å²) < 4.78 is 0.769. The molecule has 0 spiro atoms. The molecule has 1 unspecified atom stereocenters. The van der Waals surface area contributed by atoms with Crippen molar-refractivity contribution in [1.29, 1.82) is 0 Å². The summed E-state index contributed by atoms with van der Waals surface area (Å²) in [6.45, 7) is 1.96. The fraction of sp³-hybridized carbons (Fsp3) is 0.739. The number of carbonyl (C=O) groups is 1. The van der Waals surface area contributed by atoms with Crippen molar-refractivity contribution >= 4 is 29.1 Å². The summed E-state index contributed by atoms with van der Waals surface area (Å²) >= 11 is 2.93. The average Bonchev–Trinajstić information content (AvgIpc) is 3.30. The van der Waals surface area contributed by atoms with E-state index in [2.05, 4.69) is 17.1 Å². The van der Waals surface area contributed by atoms with Gasteiger partial charge in [-0.05, 0) is 56.8 Å². The van der Waals surface area contributed by atoms with Crippen molar-refractivity contribution in [3.63, 3.8) is 0 Å². The molecule has 1 aromatic heterocycles. The predicted molar refractivity (Wildman–Crippen MR) is 122 cm³/mol. The second-order valence-electron chi connectivity index (χ2n) is 9.25. The molecule has 3 N–H and O–H groups in total. The Morgan fingerprint density at radius 2 is 2.07 bits per heavy atom. The van der Waals surface area contributed by atoms with E-state index in [9.17, 15) is 15.0 Å². The molecule has 0 amide bonds. The lowest BCUT2D eigenvalue weighted by atomic mass is 9.80. The minimum atomic E-state index is -0.992. The van der Waals surface area contributed by atoms with Gasteiger partial charge in [-0.25, -0.2) is 9.78 Å². The van der Waals surface area contributed by atoms with Crippen LogP contribution in [0, 0.1) is 17.8 Å². The molecular formula is C23H35NO4S2. The van der Waals surface area contributed by atoms with Crippen molar-refractivity contribution in [2.75, 3.05) is 5.75 Å². The first-order valence-corrected chi connectivity index (χ1v) is 13.1. The van der Waals surface area contributed by atoms with Crippen LogP contribution in [-0.4, -0.2) is 43.7 Å². The molecule has 30 heavy (non-hydrogen) atoms. The summed E-state index contributed by atoms with van der Waals surface area (Å²) in [5.41, 5.74) is -0.544. The molecule has 0 radical (unpaired) electrons. The smallest absolute Gasteiger partial charge is 0.355 e. The van der Waals surface area contributed by atoms with Crippen molar-refractivity contribution in [2.45, 2.75) is 87.2 Å². The molecule has 1 heterocycles. The van der Waals surface area contributed by atoms with Crippen LogP contribution >= 0.6 is 23.1 Å².